The molecule has 2 N–H and O–H groups in total. The molecule has 1 nitrogen and oxygen atoms in total. The van der Waals surface area contributed by atoms with Crippen LogP contribution >= 0.6 is 0 Å². The fraction of sp³-hybridized carbons (Fsp3) is 1.00. The van der Waals surface area contributed by atoms with Crippen LogP contribution in [0.25, 0.3) is 0 Å². The zero-order valence-electron chi connectivity index (χ0n) is 8.76. The Labute approximate surface area is 88.2 Å². The second-order valence-electron chi connectivity index (χ2n) is 5.25. The molecule has 0 aromatic heterocycles. The van der Waals surface area contributed by atoms with Crippen molar-refractivity contribution in [3.05, 3.63) is 0 Å². The standard InChI is InChI=1S/C11H18F3N/c12-11(13,14)6-10(15)5-9-4-7-1-2-8(9)3-7/h7-10H,1-6,15H2. The van der Waals surface area contributed by atoms with Gasteiger partial charge in [0.05, 0.1) is 6.42 Å². The van der Waals surface area contributed by atoms with E-state index in [9.17, 15) is 13.2 Å². The van der Waals surface area contributed by atoms with Gasteiger partial charge in [0.2, 0.25) is 0 Å². The van der Waals surface area contributed by atoms with Crippen LogP contribution in [-0.4, -0.2) is 12.2 Å². The summed E-state index contributed by atoms with van der Waals surface area (Å²) in [6.45, 7) is 0. The van der Waals surface area contributed by atoms with Gasteiger partial charge in [0.15, 0.2) is 0 Å². The maximum atomic E-state index is 12.1. The fourth-order valence-corrected chi connectivity index (χ4v) is 3.43. The Kier molecular flexibility index (Phi) is 2.97. The van der Waals surface area contributed by atoms with Crippen molar-refractivity contribution in [3.8, 4) is 0 Å². The highest BCUT2D eigenvalue weighted by Gasteiger charge is 2.41. The summed E-state index contributed by atoms with van der Waals surface area (Å²) in [6, 6.07) is -0.686. The van der Waals surface area contributed by atoms with Crippen molar-refractivity contribution in [2.45, 2.75) is 50.7 Å². The van der Waals surface area contributed by atoms with E-state index in [0.29, 0.717) is 18.3 Å². The Morgan fingerprint density at radius 2 is 1.93 bits per heavy atom. The molecule has 15 heavy (non-hydrogen) atoms. The summed E-state index contributed by atoms with van der Waals surface area (Å²) in [5, 5.41) is 0. The van der Waals surface area contributed by atoms with Crippen LogP contribution in [0.3, 0.4) is 0 Å². The van der Waals surface area contributed by atoms with Crippen LogP contribution in [0.15, 0.2) is 0 Å². The molecule has 0 heterocycles. The molecule has 0 amide bonds. The molecule has 4 heteroatoms. The molecule has 0 spiro atoms. The molecular weight excluding hydrogens is 203 g/mol. The first kappa shape index (κ1) is 11.2. The van der Waals surface area contributed by atoms with Crippen molar-refractivity contribution < 1.29 is 13.2 Å². The maximum absolute atomic E-state index is 12.1. The fourth-order valence-electron chi connectivity index (χ4n) is 3.43. The Hall–Kier alpha value is -0.250. The van der Waals surface area contributed by atoms with E-state index in [1.807, 2.05) is 0 Å². The molecule has 0 saturated heterocycles. The second-order valence-corrected chi connectivity index (χ2v) is 5.25. The molecular formula is C11H18F3N. The predicted octanol–water partition coefficient (Wildman–Crippen LogP) is 3.09. The SMILES string of the molecule is NC(CC1CC2CCC1C2)CC(F)(F)F. The van der Waals surface area contributed by atoms with Crippen LogP contribution < -0.4 is 5.73 Å². The van der Waals surface area contributed by atoms with Gasteiger partial charge < -0.3 is 5.73 Å². The minimum absolute atomic E-state index is 0.473. The van der Waals surface area contributed by atoms with E-state index in [2.05, 4.69) is 0 Å². The van der Waals surface area contributed by atoms with Crippen molar-refractivity contribution in [1.82, 2.24) is 0 Å². The molecule has 4 atom stereocenters. The predicted molar refractivity (Wildman–Crippen MR) is 52.2 cm³/mol. The van der Waals surface area contributed by atoms with Gasteiger partial charge >= 0.3 is 6.18 Å². The van der Waals surface area contributed by atoms with E-state index in [1.165, 1.54) is 19.3 Å². The first-order valence-electron chi connectivity index (χ1n) is 5.76. The van der Waals surface area contributed by atoms with E-state index >= 15 is 0 Å². The first-order chi connectivity index (χ1) is 6.94. The van der Waals surface area contributed by atoms with E-state index in [-0.39, 0.29) is 0 Å². The lowest BCUT2D eigenvalue weighted by Crippen LogP contribution is -2.31. The van der Waals surface area contributed by atoms with Gasteiger partial charge in [-0.3, -0.25) is 0 Å². The van der Waals surface area contributed by atoms with Crippen molar-refractivity contribution in [2.24, 2.45) is 23.5 Å². The summed E-state index contributed by atoms with van der Waals surface area (Å²) in [4.78, 5) is 0. The minimum atomic E-state index is -4.10. The lowest BCUT2D eigenvalue weighted by atomic mass is 9.84. The number of alkyl halides is 3. The molecule has 0 aromatic carbocycles. The van der Waals surface area contributed by atoms with Gasteiger partial charge in [0, 0.05) is 6.04 Å². The van der Waals surface area contributed by atoms with Crippen molar-refractivity contribution in [3.63, 3.8) is 0 Å². The third kappa shape index (κ3) is 2.86. The second kappa shape index (κ2) is 3.96. The number of rotatable bonds is 3. The van der Waals surface area contributed by atoms with Crippen LogP contribution in [0.5, 0.6) is 0 Å². The first-order valence-corrected chi connectivity index (χ1v) is 5.76. The monoisotopic (exact) mass is 221 g/mol. The highest BCUT2D eigenvalue weighted by molar-refractivity contribution is 4.91. The molecule has 2 rings (SSSR count). The maximum Gasteiger partial charge on any atom is 0.390 e. The quantitative estimate of drug-likeness (QED) is 0.778. The summed E-state index contributed by atoms with van der Waals surface area (Å²) in [6.07, 6.45) is 0.516. The van der Waals surface area contributed by atoms with E-state index in [0.717, 1.165) is 12.3 Å². The van der Waals surface area contributed by atoms with Crippen molar-refractivity contribution in [2.75, 3.05) is 0 Å². The Balaban J connectivity index is 1.77. The molecule has 0 aromatic rings. The molecule has 2 bridgehead atoms. The van der Waals surface area contributed by atoms with E-state index in [4.69, 9.17) is 5.73 Å². The molecule has 2 aliphatic rings. The molecule has 4 unspecified atom stereocenters. The largest absolute Gasteiger partial charge is 0.390 e. The van der Waals surface area contributed by atoms with Gasteiger partial charge in [-0.1, -0.05) is 6.42 Å². The van der Waals surface area contributed by atoms with Gasteiger partial charge in [0.25, 0.3) is 0 Å². The summed E-state index contributed by atoms with van der Waals surface area (Å²) in [5.41, 5.74) is 5.55. The Morgan fingerprint density at radius 3 is 2.40 bits per heavy atom. The van der Waals surface area contributed by atoms with Crippen LogP contribution in [0, 0.1) is 17.8 Å². The third-order valence-corrected chi connectivity index (χ3v) is 3.98. The van der Waals surface area contributed by atoms with Crippen LogP contribution in [0.2, 0.25) is 0 Å². The van der Waals surface area contributed by atoms with Gasteiger partial charge in [-0.2, -0.15) is 13.2 Å². The molecule has 2 saturated carbocycles. The van der Waals surface area contributed by atoms with Crippen LogP contribution in [0.4, 0.5) is 13.2 Å². The van der Waals surface area contributed by atoms with Crippen molar-refractivity contribution in [1.29, 1.82) is 0 Å². The number of nitrogens with two attached hydrogens (primary N) is 1. The summed E-state index contributed by atoms with van der Waals surface area (Å²) < 4.78 is 36.3. The zero-order valence-corrected chi connectivity index (χ0v) is 8.76. The van der Waals surface area contributed by atoms with Crippen LogP contribution in [-0.2, 0) is 0 Å². The molecule has 88 valence electrons. The van der Waals surface area contributed by atoms with Gasteiger partial charge in [0.1, 0.15) is 0 Å². The highest BCUT2D eigenvalue weighted by Crippen LogP contribution is 2.50. The Morgan fingerprint density at radius 1 is 1.20 bits per heavy atom. The van der Waals surface area contributed by atoms with Crippen LogP contribution in [0.1, 0.15) is 38.5 Å². The zero-order chi connectivity index (χ0) is 11.1. The minimum Gasteiger partial charge on any atom is -0.327 e. The molecule has 0 radical (unpaired) electrons. The summed E-state index contributed by atoms with van der Waals surface area (Å²) in [7, 11) is 0. The number of hydrogen-bond donors (Lipinski definition) is 1. The normalized spacial score (nSPS) is 37.2. The number of fused-ring (bicyclic) bond motifs is 2. The van der Waals surface area contributed by atoms with Gasteiger partial charge in [-0.15, -0.1) is 0 Å². The molecule has 2 aliphatic carbocycles. The number of hydrogen-bond acceptors (Lipinski definition) is 1. The molecule has 2 fully saturated rings. The average Bonchev–Trinajstić information content (AvgIpc) is 2.60. The van der Waals surface area contributed by atoms with E-state index in [1.54, 1.807) is 0 Å². The Bertz CT molecular complexity index is 226. The average molecular weight is 221 g/mol. The van der Waals surface area contributed by atoms with Crippen molar-refractivity contribution >= 4 is 0 Å². The lowest BCUT2D eigenvalue weighted by molar-refractivity contribution is -0.139. The third-order valence-electron chi connectivity index (χ3n) is 3.98. The lowest BCUT2D eigenvalue weighted by Gasteiger charge is -2.25. The summed E-state index contributed by atoms with van der Waals surface area (Å²) in [5.74, 6) is 1.94. The van der Waals surface area contributed by atoms with Gasteiger partial charge in [-0.25, -0.2) is 0 Å². The van der Waals surface area contributed by atoms with Gasteiger partial charge in [-0.05, 0) is 43.4 Å². The topological polar surface area (TPSA) is 26.0 Å². The van der Waals surface area contributed by atoms with E-state index < -0.39 is 18.6 Å². The highest BCUT2D eigenvalue weighted by atomic mass is 19.4. The summed E-state index contributed by atoms with van der Waals surface area (Å²) >= 11 is 0. The molecule has 0 aliphatic heterocycles. The smallest absolute Gasteiger partial charge is 0.327 e. The number of halogens is 3.